The number of anilines is 2. The number of nitro benzene ring substituents is 1. The average molecular weight is 371 g/mol. The van der Waals surface area contributed by atoms with E-state index in [0.717, 1.165) is 5.39 Å². The summed E-state index contributed by atoms with van der Waals surface area (Å²) in [5.74, 6) is 0. The molecule has 1 aliphatic heterocycles. The van der Waals surface area contributed by atoms with Gasteiger partial charge in [-0.25, -0.2) is 9.19 Å². The molecule has 1 aromatic heterocycles. The number of rotatable bonds is 4. The Morgan fingerprint density at radius 1 is 1.27 bits per heavy atom. The van der Waals surface area contributed by atoms with E-state index in [1.54, 1.807) is 16.4 Å². The number of benzene rings is 2. The first-order valence-corrected chi connectivity index (χ1v) is 9.18. The number of non-ortho nitro benzene ring substituents is 1. The molecule has 1 unspecified atom stereocenters. The fourth-order valence-electron chi connectivity index (χ4n) is 3.15. The molecule has 26 heavy (non-hydrogen) atoms. The van der Waals surface area contributed by atoms with Crippen LogP contribution in [0.25, 0.3) is 21.8 Å². The van der Waals surface area contributed by atoms with Crippen LogP contribution in [0.4, 0.5) is 17.1 Å². The Hall–Kier alpha value is -2.78. The molecule has 0 fully saturated rings. The molecule has 1 N–H and O–H groups in total. The van der Waals surface area contributed by atoms with Crippen molar-refractivity contribution in [2.24, 2.45) is 0 Å². The normalized spacial score (nSPS) is 16.3. The number of likely N-dealkylation sites (N-methyl/N-ethyl adjacent to an activating group) is 1. The second-order valence-corrected chi connectivity index (χ2v) is 7.49. The average Bonchev–Trinajstić information content (AvgIpc) is 2.60. The van der Waals surface area contributed by atoms with Crippen molar-refractivity contribution in [2.45, 2.75) is 0 Å². The van der Waals surface area contributed by atoms with E-state index in [1.807, 2.05) is 37.2 Å². The fourth-order valence-corrected chi connectivity index (χ4v) is 4.23. The third-order valence-electron chi connectivity index (χ3n) is 4.40. The smallest absolute Gasteiger partial charge is 0.295 e. The van der Waals surface area contributed by atoms with Gasteiger partial charge < -0.3 is 4.90 Å². The largest absolute Gasteiger partial charge is 0.308 e. The third-order valence-corrected chi connectivity index (χ3v) is 5.55. The minimum absolute atomic E-state index is 0.0576. The lowest BCUT2D eigenvalue weighted by Gasteiger charge is -2.31. The van der Waals surface area contributed by atoms with Gasteiger partial charge in [0.1, 0.15) is 0 Å². The lowest BCUT2D eigenvalue weighted by atomic mass is 10.1. The van der Waals surface area contributed by atoms with Crippen LogP contribution < -0.4 is 9.03 Å². The van der Waals surface area contributed by atoms with Gasteiger partial charge in [-0.1, -0.05) is 18.2 Å². The number of nitrogens with one attached hydrogen (secondary N) is 1. The Labute approximate surface area is 152 Å². The maximum atomic E-state index is 12.8. The van der Waals surface area contributed by atoms with Crippen molar-refractivity contribution in [2.75, 3.05) is 36.2 Å². The van der Waals surface area contributed by atoms with Gasteiger partial charge in [-0.3, -0.25) is 19.1 Å². The minimum Gasteiger partial charge on any atom is -0.308 e. The van der Waals surface area contributed by atoms with Crippen molar-refractivity contribution >= 4 is 50.0 Å². The molecular formula is C17H17N5O3S. The summed E-state index contributed by atoms with van der Waals surface area (Å²) < 4.78 is 17.6. The molecule has 3 aromatic rings. The molecule has 2 heterocycles. The predicted octanol–water partition coefficient (Wildman–Crippen LogP) is 2.67. The number of nitrogens with zero attached hydrogens (tertiary/aromatic N) is 4. The van der Waals surface area contributed by atoms with Gasteiger partial charge in [-0.05, 0) is 26.2 Å². The molecule has 0 saturated carbocycles. The molecule has 0 spiro atoms. The zero-order valence-electron chi connectivity index (χ0n) is 14.3. The third kappa shape index (κ3) is 2.56. The van der Waals surface area contributed by atoms with Gasteiger partial charge in [0.2, 0.25) is 11.2 Å². The van der Waals surface area contributed by atoms with E-state index >= 15 is 0 Å². The van der Waals surface area contributed by atoms with Crippen LogP contribution in [0.2, 0.25) is 0 Å². The second-order valence-electron chi connectivity index (χ2n) is 6.35. The summed E-state index contributed by atoms with van der Waals surface area (Å²) in [6.45, 7) is 1.22. The van der Waals surface area contributed by atoms with Gasteiger partial charge in [0.25, 0.3) is 5.69 Å². The van der Waals surface area contributed by atoms with Crippen LogP contribution in [0.1, 0.15) is 0 Å². The van der Waals surface area contributed by atoms with Crippen LogP contribution in [0.5, 0.6) is 0 Å². The van der Waals surface area contributed by atoms with Crippen LogP contribution >= 0.6 is 0 Å². The van der Waals surface area contributed by atoms with Crippen molar-refractivity contribution in [1.82, 2.24) is 9.88 Å². The summed E-state index contributed by atoms with van der Waals surface area (Å²) >= 11 is -1.48. The molecule has 1 aliphatic rings. The summed E-state index contributed by atoms with van der Waals surface area (Å²) in [5.41, 5.74) is 2.20. The Bertz CT molecular complexity index is 1070. The maximum absolute atomic E-state index is 12.8. The van der Waals surface area contributed by atoms with Gasteiger partial charge in [0, 0.05) is 24.5 Å². The van der Waals surface area contributed by atoms with Crippen molar-refractivity contribution in [3.8, 4) is 0 Å². The van der Waals surface area contributed by atoms with E-state index < -0.39 is 16.1 Å². The highest BCUT2D eigenvalue weighted by Gasteiger charge is 2.30. The number of nitro groups is 1. The topological polar surface area (TPSA) is 91.6 Å². The first kappa shape index (κ1) is 16.7. The molecule has 0 radical (unpaired) electrons. The van der Waals surface area contributed by atoms with Gasteiger partial charge in [-0.2, -0.15) is 0 Å². The Morgan fingerprint density at radius 2 is 2.04 bits per heavy atom. The molecular weight excluding hydrogens is 354 g/mol. The number of pyridine rings is 1. The van der Waals surface area contributed by atoms with Gasteiger partial charge in [0.05, 0.1) is 27.2 Å². The lowest BCUT2D eigenvalue weighted by molar-refractivity contribution is -0.383. The van der Waals surface area contributed by atoms with Gasteiger partial charge in [0.15, 0.2) is 5.52 Å². The highest BCUT2D eigenvalue weighted by Crippen LogP contribution is 2.44. The second kappa shape index (κ2) is 6.19. The Kier molecular flexibility index (Phi) is 3.97. The highest BCUT2D eigenvalue weighted by atomic mass is 32.2. The summed E-state index contributed by atoms with van der Waals surface area (Å²) in [4.78, 5) is 17.6. The molecule has 0 bridgehead atoms. The zero-order valence-corrected chi connectivity index (χ0v) is 15.1. The van der Waals surface area contributed by atoms with E-state index in [2.05, 4.69) is 9.71 Å². The number of hydrogen-bond donors (Lipinski definition) is 1. The SMILES string of the molecule is CN(C)CCN1c2ccc([N+](=O)[O-])c3nc4ccccc4c(c23)NS1=O. The van der Waals surface area contributed by atoms with Crippen LogP contribution in [-0.2, 0) is 11.2 Å². The van der Waals surface area contributed by atoms with Crippen molar-refractivity contribution < 1.29 is 9.13 Å². The van der Waals surface area contributed by atoms with Crippen molar-refractivity contribution in [1.29, 1.82) is 0 Å². The maximum Gasteiger partial charge on any atom is 0.295 e. The Morgan fingerprint density at radius 3 is 2.77 bits per heavy atom. The first-order valence-electron chi connectivity index (χ1n) is 8.08. The van der Waals surface area contributed by atoms with Crippen LogP contribution in [-0.4, -0.2) is 46.2 Å². The van der Waals surface area contributed by atoms with E-state index in [4.69, 9.17) is 0 Å². The standard InChI is InChI=1S/C17H17N5O3S/c1-20(2)9-10-21-13-7-8-14(22(23)24)17-15(13)16(19-26(21)25)11-5-3-4-6-12(11)18-17/h3-8,19H,9-10H2,1-2H3. The molecule has 8 nitrogen and oxygen atoms in total. The predicted molar refractivity (Wildman–Crippen MR) is 104 cm³/mol. The van der Waals surface area contributed by atoms with E-state index in [1.165, 1.54) is 6.07 Å². The van der Waals surface area contributed by atoms with Gasteiger partial charge in [-0.15, -0.1) is 0 Å². The quantitative estimate of drug-likeness (QED) is 0.432. The summed E-state index contributed by atoms with van der Waals surface area (Å²) in [5, 5.41) is 12.9. The molecule has 134 valence electrons. The summed E-state index contributed by atoms with van der Waals surface area (Å²) in [7, 11) is 3.88. The first-order chi connectivity index (χ1) is 12.5. The zero-order chi connectivity index (χ0) is 18.4. The van der Waals surface area contributed by atoms with Gasteiger partial charge >= 0.3 is 0 Å². The lowest BCUT2D eigenvalue weighted by Crippen LogP contribution is -2.38. The minimum atomic E-state index is -1.48. The summed E-state index contributed by atoms with van der Waals surface area (Å²) in [6, 6.07) is 10.5. The van der Waals surface area contributed by atoms with Crippen molar-refractivity contribution in [3.05, 3.63) is 46.5 Å². The fraction of sp³-hybridized carbons (Fsp3) is 0.235. The molecule has 0 amide bonds. The number of aromatic nitrogens is 1. The van der Waals surface area contributed by atoms with E-state index in [0.29, 0.717) is 40.9 Å². The number of para-hydroxylation sites is 1. The molecule has 0 aliphatic carbocycles. The summed E-state index contributed by atoms with van der Waals surface area (Å²) in [6.07, 6.45) is 0. The van der Waals surface area contributed by atoms with Crippen molar-refractivity contribution in [3.63, 3.8) is 0 Å². The highest BCUT2D eigenvalue weighted by molar-refractivity contribution is 7.88. The molecule has 9 heteroatoms. The number of fused-ring (bicyclic) bond motifs is 2. The molecule has 4 rings (SSSR count). The number of hydrogen-bond acceptors (Lipinski definition) is 5. The molecule has 1 atom stereocenters. The van der Waals surface area contributed by atoms with Crippen LogP contribution in [0, 0.1) is 10.1 Å². The monoisotopic (exact) mass is 371 g/mol. The molecule has 0 saturated heterocycles. The van der Waals surface area contributed by atoms with Crippen LogP contribution in [0.15, 0.2) is 36.4 Å². The van der Waals surface area contributed by atoms with E-state index in [-0.39, 0.29) is 5.69 Å². The molecule has 2 aromatic carbocycles. The van der Waals surface area contributed by atoms with Crippen LogP contribution in [0.3, 0.4) is 0 Å². The van der Waals surface area contributed by atoms with E-state index in [9.17, 15) is 14.3 Å². The Balaban J connectivity index is 2.05.